The Labute approximate surface area is 128 Å². The molecular weight excluding hydrogens is 280 g/mol. The zero-order chi connectivity index (χ0) is 15.5. The van der Waals surface area contributed by atoms with Crippen LogP contribution in [-0.4, -0.2) is 36.1 Å². The zero-order valence-electron chi connectivity index (χ0n) is 12.3. The van der Waals surface area contributed by atoms with E-state index in [0.29, 0.717) is 5.56 Å². The summed E-state index contributed by atoms with van der Waals surface area (Å²) < 4.78 is 4.77. The molecule has 0 spiro atoms. The van der Waals surface area contributed by atoms with Crippen LogP contribution in [-0.2, 0) is 4.74 Å². The summed E-state index contributed by atoms with van der Waals surface area (Å²) in [4.78, 5) is 22.5. The molecule has 1 aromatic carbocycles. The molecule has 2 heterocycles. The van der Waals surface area contributed by atoms with Crippen LogP contribution in [0.1, 0.15) is 23.2 Å². The molecule has 22 heavy (non-hydrogen) atoms. The van der Waals surface area contributed by atoms with Gasteiger partial charge in [-0.05, 0) is 31.0 Å². The first kappa shape index (κ1) is 14.3. The Balaban J connectivity index is 1.99. The Morgan fingerprint density at radius 3 is 2.82 bits per heavy atom. The molecule has 0 amide bonds. The first-order valence-electron chi connectivity index (χ1n) is 7.20. The van der Waals surface area contributed by atoms with Crippen molar-refractivity contribution in [2.24, 2.45) is 5.92 Å². The van der Waals surface area contributed by atoms with Crippen LogP contribution in [0.5, 0.6) is 0 Å². The van der Waals surface area contributed by atoms with Crippen molar-refractivity contribution in [1.82, 2.24) is 9.97 Å². The molecule has 0 aliphatic carbocycles. The normalized spacial score (nSPS) is 15.5. The predicted molar refractivity (Wildman–Crippen MR) is 81.4 cm³/mol. The molecule has 0 radical (unpaired) electrons. The number of carbonyl (C=O) groups excluding carboxylic acids is 1. The van der Waals surface area contributed by atoms with Crippen LogP contribution in [0.3, 0.4) is 0 Å². The van der Waals surface area contributed by atoms with Gasteiger partial charge in [-0.2, -0.15) is 5.26 Å². The minimum Gasteiger partial charge on any atom is -0.465 e. The fourth-order valence-electron chi connectivity index (χ4n) is 2.76. The van der Waals surface area contributed by atoms with Crippen molar-refractivity contribution in [2.45, 2.75) is 12.8 Å². The largest absolute Gasteiger partial charge is 0.465 e. The number of piperidine rings is 1. The van der Waals surface area contributed by atoms with Crippen LogP contribution >= 0.6 is 0 Å². The number of aromatic nitrogens is 2. The molecule has 1 aromatic heterocycles. The number of carbonyl (C=O) groups is 1. The quantitative estimate of drug-likeness (QED) is 0.790. The molecule has 0 N–H and O–H groups in total. The number of hydrogen-bond donors (Lipinski definition) is 0. The van der Waals surface area contributed by atoms with Gasteiger partial charge in [-0.15, -0.1) is 0 Å². The van der Waals surface area contributed by atoms with Gasteiger partial charge in [0, 0.05) is 24.4 Å². The number of nitriles is 1. The number of anilines is 1. The van der Waals surface area contributed by atoms with Crippen molar-refractivity contribution in [3.8, 4) is 6.07 Å². The Kier molecular flexibility index (Phi) is 3.88. The maximum atomic E-state index is 11.7. The molecule has 0 unspecified atom stereocenters. The number of hydrogen-bond acceptors (Lipinski definition) is 6. The predicted octanol–water partition coefficient (Wildman–Crippen LogP) is 2.16. The van der Waals surface area contributed by atoms with Gasteiger partial charge in [-0.1, -0.05) is 0 Å². The molecular formula is C16H16N4O2. The summed E-state index contributed by atoms with van der Waals surface area (Å²) in [5.74, 6) is 0.557. The average Bonchev–Trinajstić information content (AvgIpc) is 2.60. The lowest BCUT2D eigenvalue weighted by Gasteiger charge is -2.30. The van der Waals surface area contributed by atoms with Gasteiger partial charge in [0.15, 0.2) is 0 Å². The van der Waals surface area contributed by atoms with Crippen molar-refractivity contribution < 1.29 is 9.53 Å². The van der Waals surface area contributed by atoms with Gasteiger partial charge in [0.05, 0.1) is 24.3 Å². The minimum absolute atomic E-state index is 0.120. The average molecular weight is 296 g/mol. The van der Waals surface area contributed by atoms with Gasteiger partial charge < -0.3 is 9.64 Å². The lowest BCUT2D eigenvalue weighted by atomic mass is 9.98. The maximum Gasteiger partial charge on any atom is 0.337 e. The molecule has 0 atom stereocenters. The lowest BCUT2D eigenvalue weighted by Crippen LogP contribution is -2.34. The second-order valence-electron chi connectivity index (χ2n) is 5.31. The van der Waals surface area contributed by atoms with E-state index in [2.05, 4.69) is 20.9 Å². The van der Waals surface area contributed by atoms with Gasteiger partial charge in [0.25, 0.3) is 0 Å². The van der Waals surface area contributed by atoms with E-state index in [1.165, 1.54) is 13.4 Å². The lowest BCUT2D eigenvalue weighted by molar-refractivity contribution is 0.0601. The highest BCUT2D eigenvalue weighted by Gasteiger charge is 2.21. The molecule has 6 heteroatoms. The number of rotatable bonds is 2. The van der Waals surface area contributed by atoms with Crippen LogP contribution in [0.2, 0.25) is 0 Å². The molecule has 6 nitrogen and oxygen atoms in total. The van der Waals surface area contributed by atoms with Crippen LogP contribution in [0, 0.1) is 17.2 Å². The van der Waals surface area contributed by atoms with Crippen molar-refractivity contribution >= 4 is 22.7 Å². The second-order valence-corrected chi connectivity index (χ2v) is 5.31. The van der Waals surface area contributed by atoms with E-state index in [1.807, 2.05) is 0 Å². The monoisotopic (exact) mass is 296 g/mol. The highest BCUT2D eigenvalue weighted by atomic mass is 16.5. The summed E-state index contributed by atoms with van der Waals surface area (Å²) in [6, 6.07) is 7.60. The van der Waals surface area contributed by atoms with E-state index in [-0.39, 0.29) is 11.9 Å². The van der Waals surface area contributed by atoms with Crippen molar-refractivity contribution in [3.63, 3.8) is 0 Å². The standard InChI is InChI=1S/C16H16N4O2/c1-22-16(21)12-2-3-14-13(8-12)15(19-10-18-14)20-6-4-11(9-17)5-7-20/h2-3,8,10-11H,4-7H2,1H3. The number of fused-ring (bicyclic) bond motifs is 1. The Bertz CT molecular complexity index is 745. The summed E-state index contributed by atoms with van der Waals surface area (Å²) >= 11 is 0. The number of esters is 1. The maximum absolute atomic E-state index is 11.7. The minimum atomic E-state index is -0.375. The molecule has 1 saturated heterocycles. The Morgan fingerprint density at radius 1 is 1.36 bits per heavy atom. The molecule has 0 saturated carbocycles. The topological polar surface area (TPSA) is 79.1 Å². The number of benzene rings is 1. The van der Waals surface area contributed by atoms with Crippen molar-refractivity contribution in [2.75, 3.05) is 25.1 Å². The van der Waals surface area contributed by atoms with Gasteiger partial charge >= 0.3 is 5.97 Å². The SMILES string of the molecule is COC(=O)c1ccc2ncnc(N3CCC(C#N)CC3)c2c1. The van der Waals surface area contributed by atoms with Crippen molar-refractivity contribution in [3.05, 3.63) is 30.1 Å². The van der Waals surface area contributed by atoms with Gasteiger partial charge in [0.2, 0.25) is 0 Å². The molecule has 1 fully saturated rings. The molecule has 1 aliphatic rings. The van der Waals surface area contributed by atoms with Gasteiger partial charge in [-0.25, -0.2) is 14.8 Å². The van der Waals surface area contributed by atoms with E-state index in [1.54, 1.807) is 18.2 Å². The Morgan fingerprint density at radius 2 is 2.14 bits per heavy atom. The summed E-state index contributed by atoms with van der Waals surface area (Å²) in [5.41, 5.74) is 1.28. The van der Waals surface area contributed by atoms with Crippen LogP contribution in [0.15, 0.2) is 24.5 Å². The molecule has 3 rings (SSSR count). The van der Waals surface area contributed by atoms with E-state index in [4.69, 9.17) is 10.00 Å². The third-order valence-corrected chi connectivity index (χ3v) is 4.01. The van der Waals surface area contributed by atoms with E-state index < -0.39 is 0 Å². The summed E-state index contributed by atoms with van der Waals surface area (Å²) in [7, 11) is 1.36. The van der Waals surface area contributed by atoms with Crippen LogP contribution in [0.25, 0.3) is 10.9 Å². The fraction of sp³-hybridized carbons (Fsp3) is 0.375. The zero-order valence-corrected chi connectivity index (χ0v) is 12.3. The first-order chi connectivity index (χ1) is 10.7. The number of ether oxygens (including phenoxy) is 1. The Hall–Kier alpha value is -2.68. The third-order valence-electron chi connectivity index (χ3n) is 4.01. The molecule has 0 bridgehead atoms. The fourth-order valence-corrected chi connectivity index (χ4v) is 2.76. The van der Waals surface area contributed by atoms with E-state index in [9.17, 15) is 4.79 Å². The summed E-state index contributed by atoms with van der Waals surface area (Å²) in [5, 5.41) is 9.83. The van der Waals surface area contributed by atoms with E-state index in [0.717, 1.165) is 42.7 Å². The summed E-state index contributed by atoms with van der Waals surface area (Å²) in [6.45, 7) is 1.57. The smallest absolute Gasteiger partial charge is 0.337 e. The van der Waals surface area contributed by atoms with Crippen molar-refractivity contribution in [1.29, 1.82) is 5.26 Å². The number of methoxy groups -OCH3 is 1. The second kappa shape index (κ2) is 5.98. The molecule has 112 valence electrons. The molecule has 2 aromatic rings. The molecule has 1 aliphatic heterocycles. The number of nitrogens with zero attached hydrogens (tertiary/aromatic N) is 4. The highest BCUT2D eigenvalue weighted by Crippen LogP contribution is 2.28. The highest BCUT2D eigenvalue weighted by molar-refractivity contribution is 5.97. The van der Waals surface area contributed by atoms with E-state index >= 15 is 0 Å². The van der Waals surface area contributed by atoms with Crippen LogP contribution in [0.4, 0.5) is 5.82 Å². The summed E-state index contributed by atoms with van der Waals surface area (Å²) in [6.07, 6.45) is 3.20. The van der Waals surface area contributed by atoms with Gasteiger partial charge in [0.1, 0.15) is 12.1 Å². The first-order valence-corrected chi connectivity index (χ1v) is 7.20. The van der Waals surface area contributed by atoms with Gasteiger partial charge in [-0.3, -0.25) is 0 Å². The third kappa shape index (κ3) is 2.58. The van der Waals surface area contributed by atoms with Crippen LogP contribution < -0.4 is 4.90 Å².